The Morgan fingerprint density at radius 1 is 1.15 bits per heavy atom. The van der Waals surface area contributed by atoms with Crippen molar-refractivity contribution in [1.82, 2.24) is 19.9 Å². The first-order valence-corrected chi connectivity index (χ1v) is 14.1. The van der Waals surface area contributed by atoms with Crippen molar-refractivity contribution in [1.29, 1.82) is 0 Å². The number of carbonyl (C=O) groups excluding carboxylic acids is 2. The summed E-state index contributed by atoms with van der Waals surface area (Å²) >= 11 is 1.05. The van der Waals surface area contributed by atoms with Crippen molar-refractivity contribution in [3.63, 3.8) is 0 Å². The Hall–Kier alpha value is -4.19. The number of aryl methyl sites for hydroxylation is 1. The molecule has 41 heavy (non-hydrogen) atoms. The van der Waals surface area contributed by atoms with E-state index < -0.39 is 23.9 Å². The molecule has 0 bridgehead atoms. The first-order valence-electron chi connectivity index (χ1n) is 13.3. The summed E-state index contributed by atoms with van der Waals surface area (Å²) in [4.78, 5) is 46.4. The zero-order valence-electron chi connectivity index (χ0n) is 23.2. The van der Waals surface area contributed by atoms with Gasteiger partial charge in [-0.15, -0.1) is 11.3 Å². The van der Waals surface area contributed by atoms with Crippen LogP contribution in [0.3, 0.4) is 0 Å². The fourth-order valence-corrected chi connectivity index (χ4v) is 5.10. The SMILES string of the molecule is CCNC(=O)Nc1cc(-c2nc(C(F)F)cs2)c(-c2ccc3c(=O)c(C(=O)OCC)cn(CCC(C)C)c3c2)cn1. The highest BCUT2D eigenvalue weighted by molar-refractivity contribution is 7.13. The number of hydrogen-bond donors (Lipinski definition) is 2. The molecule has 4 rings (SSSR count). The second kappa shape index (κ2) is 13.0. The van der Waals surface area contributed by atoms with Crippen LogP contribution in [0.4, 0.5) is 19.4 Å². The van der Waals surface area contributed by atoms with E-state index in [1.54, 1.807) is 32.0 Å². The molecule has 0 aliphatic rings. The molecule has 4 aromatic rings. The van der Waals surface area contributed by atoms with Crippen molar-refractivity contribution >= 4 is 40.1 Å². The molecule has 0 aliphatic carbocycles. The third kappa shape index (κ3) is 6.76. The number of urea groups is 1. The van der Waals surface area contributed by atoms with Gasteiger partial charge in [0.2, 0.25) is 5.43 Å². The van der Waals surface area contributed by atoms with Crippen molar-refractivity contribution in [2.24, 2.45) is 5.92 Å². The van der Waals surface area contributed by atoms with Crippen molar-refractivity contribution in [2.45, 2.75) is 47.1 Å². The molecule has 2 N–H and O–H groups in total. The number of amides is 2. The molecule has 0 atom stereocenters. The fraction of sp³-hybridized carbons (Fsp3) is 0.345. The summed E-state index contributed by atoms with van der Waals surface area (Å²) in [7, 11) is 0. The number of alkyl halides is 2. The Morgan fingerprint density at radius 2 is 1.93 bits per heavy atom. The second-order valence-corrected chi connectivity index (χ2v) is 10.5. The average Bonchev–Trinajstić information content (AvgIpc) is 3.43. The number of carbonyl (C=O) groups is 2. The van der Waals surface area contributed by atoms with Gasteiger partial charge in [-0.1, -0.05) is 19.9 Å². The number of halogens is 2. The summed E-state index contributed by atoms with van der Waals surface area (Å²) in [5.41, 5.74) is 1.49. The van der Waals surface area contributed by atoms with Gasteiger partial charge in [-0.3, -0.25) is 10.1 Å². The van der Waals surface area contributed by atoms with Gasteiger partial charge in [0.15, 0.2) is 0 Å². The van der Waals surface area contributed by atoms with Gasteiger partial charge in [-0.05, 0) is 49.9 Å². The molecule has 2 amide bonds. The van der Waals surface area contributed by atoms with E-state index in [1.165, 1.54) is 17.8 Å². The Morgan fingerprint density at radius 3 is 2.59 bits per heavy atom. The van der Waals surface area contributed by atoms with Crippen LogP contribution in [-0.4, -0.2) is 39.7 Å². The molecule has 0 fully saturated rings. The maximum absolute atomic E-state index is 13.4. The van der Waals surface area contributed by atoms with Crippen molar-refractivity contribution in [2.75, 3.05) is 18.5 Å². The fourth-order valence-electron chi connectivity index (χ4n) is 4.26. The minimum atomic E-state index is -2.73. The monoisotopic (exact) mass is 583 g/mol. The van der Waals surface area contributed by atoms with Gasteiger partial charge in [-0.2, -0.15) is 0 Å². The Balaban J connectivity index is 1.90. The molecule has 9 nitrogen and oxygen atoms in total. The van der Waals surface area contributed by atoms with Crippen LogP contribution in [0.1, 0.15) is 56.6 Å². The Labute approximate surface area is 239 Å². The van der Waals surface area contributed by atoms with Crippen LogP contribution < -0.4 is 16.1 Å². The van der Waals surface area contributed by atoms with Crippen molar-refractivity contribution in [3.05, 3.63) is 63.5 Å². The van der Waals surface area contributed by atoms with Crippen LogP contribution in [0.5, 0.6) is 0 Å². The van der Waals surface area contributed by atoms with E-state index in [2.05, 4.69) is 34.4 Å². The van der Waals surface area contributed by atoms with Crippen LogP contribution in [0, 0.1) is 5.92 Å². The van der Waals surface area contributed by atoms with E-state index in [4.69, 9.17) is 4.74 Å². The minimum absolute atomic E-state index is 0.0405. The predicted molar refractivity (Wildman–Crippen MR) is 156 cm³/mol. The standard InChI is InChI=1S/C29H31F2N5O4S/c1-5-32-29(39)35-24-12-19(27-34-22(15-41-27)26(30)31)20(13-33-24)17-7-8-18-23(11-17)36(10-9-16(3)4)14-21(25(18)37)28(38)40-6-2/h7-8,11-16,26H,5-6,9-10H2,1-4H3,(H2,32,33,35,39). The number of pyridine rings is 2. The number of esters is 1. The number of anilines is 1. The number of benzene rings is 1. The summed E-state index contributed by atoms with van der Waals surface area (Å²) in [5, 5.41) is 7.23. The van der Waals surface area contributed by atoms with E-state index in [-0.39, 0.29) is 23.7 Å². The van der Waals surface area contributed by atoms with Crippen LogP contribution in [0.25, 0.3) is 32.6 Å². The average molecular weight is 584 g/mol. The summed E-state index contributed by atoms with van der Waals surface area (Å²) in [6, 6.07) is 6.29. The van der Waals surface area contributed by atoms with Crippen molar-refractivity contribution in [3.8, 4) is 21.7 Å². The largest absolute Gasteiger partial charge is 0.462 e. The molecule has 0 saturated heterocycles. The number of ether oxygens (including phenoxy) is 1. The highest BCUT2D eigenvalue weighted by Crippen LogP contribution is 2.37. The van der Waals surface area contributed by atoms with Gasteiger partial charge in [-0.25, -0.2) is 28.3 Å². The lowest BCUT2D eigenvalue weighted by Crippen LogP contribution is -2.28. The predicted octanol–water partition coefficient (Wildman–Crippen LogP) is 6.49. The lowest BCUT2D eigenvalue weighted by molar-refractivity contribution is 0.0524. The van der Waals surface area contributed by atoms with Crippen LogP contribution in [0.15, 0.2) is 46.8 Å². The second-order valence-electron chi connectivity index (χ2n) is 9.68. The number of thiazole rings is 1. The van der Waals surface area contributed by atoms with Gasteiger partial charge in [0, 0.05) is 47.4 Å². The van der Waals surface area contributed by atoms with E-state index in [1.807, 2.05) is 10.6 Å². The summed E-state index contributed by atoms with van der Waals surface area (Å²) in [6.07, 6.45) is 1.13. The smallest absolute Gasteiger partial charge is 0.343 e. The molecule has 1 aromatic carbocycles. The summed E-state index contributed by atoms with van der Waals surface area (Å²) < 4.78 is 33.7. The molecule has 3 aromatic heterocycles. The molecular formula is C29H31F2N5O4S. The normalized spacial score (nSPS) is 11.3. The maximum atomic E-state index is 13.4. The number of fused-ring (bicyclic) bond motifs is 1. The number of nitrogens with one attached hydrogen (secondary N) is 2. The maximum Gasteiger partial charge on any atom is 0.343 e. The van der Waals surface area contributed by atoms with E-state index in [0.29, 0.717) is 51.6 Å². The lowest BCUT2D eigenvalue weighted by atomic mass is 9.99. The molecule has 0 spiro atoms. The lowest BCUT2D eigenvalue weighted by Gasteiger charge is -2.16. The number of rotatable bonds is 10. The highest BCUT2D eigenvalue weighted by Gasteiger charge is 2.20. The molecule has 12 heteroatoms. The molecule has 0 saturated carbocycles. The van der Waals surface area contributed by atoms with Gasteiger partial charge in [0.1, 0.15) is 22.1 Å². The molecule has 216 valence electrons. The molecular weight excluding hydrogens is 552 g/mol. The Kier molecular flexibility index (Phi) is 9.43. The van der Waals surface area contributed by atoms with Crippen LogP contribution in [-0.2, 0) is 11.3 Å². The van der Waals surface area contributed by atoms with Gasteiger partial charge >= 0.3 is 12.0 Å². The molecule has 0 unspecified atom stereocenters. The van der Waals surface area contributed by atoms with E-state index >= 15 is 0 Å². The van der Waals surface area contributed by atoms with E-state index in [0.717, 1.165) is 17.8 Å². The van der Waals surface area contributed by atoms with Gasteiger partial charge in [0.25, 0.3) is 6.43 Å². The third-order valence-electron chi connectivity index (χ3n) is 6.29. The Bertz CT molecular complexity index is 1630. The number of nitrogens with zero attached hydrogens (tertiary/aromatic N) is 3. The zero-order chi connectivity index (χ0) is 29.7. The van der Waals surface area contributed by atoms with E-state index in [9.17, 15) is 23.2 Å². The summed E-state index contributed by atoms with van der Waals surface area (Å²) in [6.45, 7) is 8.73. The van der Waals surface area contributed by atoms with Gasteiger partial charge < -0.3 is 14.6 Å². The van der Waals surface area contributed by atoms with Crippen LogP contribution >= 0.6 is 11.3 Å². The molecule has 3 heterocycles. The first-order chi connectivity index (χ1) is 19.6. The minimum Gasteiger partial charge on any atom is -0.462 e. The number of aromatic nitrogens is 3. The van der Waals surface area contributed by atoms with Gasteiger partial charge in [0.05, 0.1) is 12.1 Å². The molecule has 0 radical (unpaired) electrons. The number of hydrogen-bond acceptors (Lipinski definition) is 7. The zero-order valence-corrected chi connectivity index (χ0v) is 24.0. The summed E-state index contributed by atoms with van der Waals surface area (Å²) in [5.74, 6) is -0.0901. The molecule has 0 aliphatic heterocycles. The van der Waals surface area contributed by atoms with Crippen LogP contribution in [0.2, 0.25) is 0 Å². The third-order valence-corrected chi connectivity index (χ3v) is 7.19. The van der Waals surface area contributed by atoms with Crippen molar-refractivity contribution < 1.29 is 23.1 Å². The first kappa shape index (κ1) is 29.8. The highest BCUT2D eigenvalue weighted by atomic mass is 32.1. The topological polar surface area (TPSA) is 115 Å². The quantitative estimate of drug-likeness (QED) is 0.206.